The molecule has 1 aromatic carbocycles. The molecule has 0 spiro atoms. The van der Waals surface area contributed by atoms with Crippen molar-refractivity contribution in [3.63, 3.8) is 0 Å². The molecule has 0 bridgehead atoms. The quantitative estimate of drug-likeness (QED) is 0.628. The average Bonchev–Trinajstić information content (AvgIpc) is 3.10. The fourth-order valence-corrected chi connectivity index (χ4v) is 2.88. The summed E-state index contributed by atoms with van der Waals surface area (Å²) in [4.78, 5) is 21.2. The van der Waals surface area contributed by atoms with Gasteiger partial charge in [-0.05, 0) is 31.2 Å². The van der Waals surface area contributed by atoms with Crippen molar-refractivity contribution < 1.29 is 4.79 Å². The monoisotopic (exact) mass is 345 g/mol. The maximum Gasteiger partial charge on any atom is 0.274 e. The van der Waals surface area contributed by atoms with E-state index in [4.69, 9.17) is 0 Å². The number of hydrogen-bond acceptors (Lipinski definition) is 4. The molecule has 1 fully saturated rings. The molecule has 26 heavy (non-hydrogen) atoms. The highest BCUT2D eigenvalue weighted by Gasteiger charge is 2.22. The molecule has 130 valence electrons. The number of amides is 1. The number of nitrogens with zero attached hydrogens (tertiary/aromatic N) is 5. The molecule has 6 heteroatoms. The minimum absolute atomic E-state index is 0.0412. The third-order valence-corrected chi connectivity index (χ3v) is 4.44. The highest BCUT2D eigenvalue weighted by atomic mass is 16.2. The molecule has 1 aliphatic heterocycles. The second kappa shape index (κ2) is 6.98. The molecule has 3 heterocycles. The second-order valence-electron chi connectivity index (χ2n) is 6.36. The number of hydrogen-bond donors (Lipinski definition) is 0. The van der Waals surface area contributed by atoms with Crippen LogP contribution in [0.4, 0.5) is 0 Å². The van der Waals surface area contributed by atoms with E-state index in [2.05, 4.69) is 33.9 Å². The molecule has 4 rings (SSSR count). The Kier molecular flexibility index (Phi) is 4.38. The standard InChI is InChI=1S/C20H19N5O/c1-23-11-13-24(14-12-23)20(26)18-15-19-21-17(9-10-25(19)22-18)8-7-16-5-3-2-4-6-16/h2-6,9-10,15H,11-14H2,1H3. The van der Waals surface area contributed by atoms with E-state index in [1.54, 1.807) is 22.8 Å². The molecule has 0 saturated carbocycles. The van der Waals surface area contributed by atoms with Crippen LogP contribution in [-0.4, -0.2) is 63.5 Å². The van der Waals surface area contributed by atoms with Gasteiger partial charge in [-0.3, -0.25) is 4.79 Å². The van der Waals surface area contributed by atoms with Crippen LogP contribution in [0.5, 0.6) is 0 Å². The van der Waals surface area contributed by atoms with Gasteiger partial charge in [-0.25, -0.2) is 9.50 Å². The predicted octanol–water partition coefficient (Wildman–Crippen LogP) is 1.52. The van der Waals surface area contributed by atoms with E-state index in [-0.39, 0.29) is 5.91 Å². The summed E-state index contributed by atoms with van der Waals surface area (Å²) in [5.74, 6) is 6.10. The molecule has 1 amide bonds. The lowest BCUT2D eigenvalue weighted by Gasteiger charge is -2.31. The van der Waals surface area contributed by atoms with E-state index < -0.39 is 0 Å². The van der Waals surface area contributed by atoms with Crippen molar-refractivity contribution in [2.75, 3.05) is 33.2 Å². The molecule has 0 N–H and O–H groups in total. The summed E-state index contributed by atoms with van der Waals surface area (Å²) in [6, 6.07) is 13.3. The predicted molar refractivity (Wildman–Crippen MR) is 98.8 cm³/mol. The van der Waals surface area contributed by atoms with E-state index in [0.29, 0.717) is 17.0 Å². The molecule has 0 aliphatic carbocycles. The Labute approximate surface area is 152 Å². The van der Waals surface area contributed by atoms with Crippen LogP contribution in [0.3, 0.4) is 0 Å². The van der Waals surface area contributed by atoms with Crippen molar-refractivity contribution in [2.24, 2.45) is 0 Å². The van der Waals surface area contributed by atoms with Crippen LogP contribution in [-0.2, 0) is 0 Å². The van der Waals surface area contributed by atoms with Crippen molar-refractivity contribution in [3.05, 3.63) is 65.6 Å². The van der Waals surface area contributed by atoms with Gasteiger partial charge in [0, 0.05) is 44.0 Å². The summed E-state index contributed by atoms with van der Waals surface area (Å²) < 4.78 is 1.62. The largest absolute Gasteiger partial charge is 0.335 e. The summed E-state index contributed by atoms with van der Waals surface area (Å²) in [6.45, 7) is 3.22. The van der Waals surface area contributed by atoms with E-state index in [1.165, 1.54) is 0 Å². The van der Waals surface area contributed by atoms with Crippen molar-refractivity contribution in [2.45, 2.75) is 0 Å². The normalized spacial score (nSPS) is 14.9. The zero-order valence-electron chi connectivity index (χ0n) is 14.6. The maximum absolute atomic E-state index is 12.6. The van der Waals surface area contributed by atoms with Crippen LogP contribution in [0.25, 0.3) is 5.65 Å². The Morgan fingerprint density at radius 3 is 2.58 bits per heavy atom. The zero-order chi connectivity index (χ0) is 17.9. The van der Waals surface area contributed by atoms with Crippen LogP contribution in [0.15, 0.2) is 48.7 Å². The molecular formula is C20H19N5O. The Bertz CT molecular complexity index is 991. The number of likely N-dealkylation sites (N-methyl/N-ethyl adjacent to an activating group) is 1. The molecule has 6 nitrogen and oxygen atoms in total. The third kappa shape index (κ3) is 3.44. The molecule has 1 aliphatic rings. The Morgan fingerprint density at radius 1 is 1.04 bits per heavy atom. The smallest absolute Gasteiger partial charge is 0.274 e. The SMILES string of the molecule is CN1CCN(C(=O)c2cc3nc(C#Cc4ccccc4)ccn3n2)CC1. The van der Waals surface area contributed by atoms with Crippen molar-refractivity contribution >= 4 is 11.6 Å². The van der Waals surface area contributed by atoms with Gasteiger partial charge in [-0.1, -0.05) is 24.1 Å². The second-order valence-corrected chi connectivity index (χ2v) is 6.36. The topological polar surface area (TPSA) is 53.7 Å². The maximum atomic E-state index is 12.6. The highest BCUT2D eigenvalue weighted by Crippen LogP contribution is 2.10. The molecule has 1 saturated heterocycles. The van der Waals surface area contributed by atoms with Crippen LogP contribution >= 0.6 is 0 Å². The summed E-state index contributed by atoms with van der Waals surface area (Å²) >= 11 is 0. The first-order valence-electron chi connectivity index (χ1n) is 8.60. The number of piperazine rings is 1. The summed E-state index contributed by atoms with van der Waals surface area (Å²) in [5, 5.41) is 4.37. The van der Waals surface area contributed by atoms with Gasteiger partial charge in [-0.2, -0.15) is 5.10 Å². The van der Waals surface area contributed by atoms with Gasteiger partial charge < -0.3 is 9.80 Å². The highest BCUT2D eigenvalue weighted by molar-refractivity contribution is 5.93. The van der Waals surface area contributed by atoms with Crippen LogP contribution in [0.1, 0.15) is 21.7 Å². The number of benzene rings is 1. The van der Waals surface area contributed by atoms with Crippen molar-refractivity contribution in [1.29, 1.82) is 0 Å². The minimum Gasteiger partial charge on any atom is -0.335 e. The van der Waals surface area contributed by atoms with Gasteiger partial charge in [0.1, 0.15) is 5.69 Å². The zero-order valence-corrected chi connectivity index (χ0v) is 14.6. The van der Waals surface area contributed by atoms with Crippen LogP contribution in [0.2, 0.25) is 0 Å². The fraction of sp³-hybridized carbons (Fsp3) is 0.250. The number of carbonyl (C=O) groups is 1. The summed E-state index contributed by atoms with van der Waals surface area (Å²) in [6.07, 6.45) is 1.79. The molecule has 0 atom stereocenters. The molecule has 0 unspecified atom stereocenters. The minimum atomic E-state index is -0.0412. The lowest BCUT2D eigenvalue weighted by Crippen LogP contribution is -2.47. The Hall–Kier alpha value is -3.17. The Balaban J connectivity index is 1.56. The fourth-order valence-electron chi connectivity index (χ4n) is 2.88. The molecule has 0 radical (unpaired) electrons. The molecule has 2 aromatic heterocycles. The van der Waals surface area contributed by atoms with Gasteiger partial charge in [0.25, 0.3) is 5.91 Å². The summed E-state index contributed by atoms with van der Waals surface area (Å²) in [7, 11) is 2.06. The first-order valence-corrected chi connectivity index (χ1v) is 8.60. The summed E-state index contributed by atoms with van der Waals surface area (Å²) in [5.41, 5.74) is 2.64. The number of aromatic nitrogens is 3. The molecule has 3 aromatic rings. The Morgan fingerprint density at radius 2 is 1.81 bits per heavy atom. The van der Waals surface area contributed by atoms with Gasteiger partial charge in [-0.15, -0.1) is 0 Å². The van der Waals surface area contributed by atoms with Gasteiger partial charge in [0.2, 0.25) is 0 Å². The third-order valence-electron chi connectivity index (χ3n) is 4.44. The average molecular weight is 345 g/mol. The van der Waals surface area contributed by atoms with Crippen molar-refractivity contribution in [1.82, 2.24) is 24.4 Å². The molecular weight excluding hydrogens is 326 g/mol. The van der Waals surface area contributed by atoms with E-state index >= 15 is 0 Å². The lowest BCUT2D eigenvalue weighted by atomic mass is 10.2. The van der Waals surface area contributed by atoms with E-state index in [0.717, 1.165) is 31.7 Å². The van der Waals surface area contributed by atoms with E-state index in [9.17, 15) is 4.79 Å². The van der Waals surface area contributed by atoms with Crippen molar-refractivity contribution in [3.8, 4) is 11.8 Å². The van der Waals surface area contributed by atoms with Crippen LogP contribution in [0, 0.1) is 11.8 Å². The number of carbonyl (C=O) groups excluding carboxylic acids is 1. The van der Waals surface area contributed by atoms with Crippen LogP contribution < -0.4 is 0 Å². The number of fused-ring (bicyclic) bond motifs is 1. The van der Waals surface area contributed by atoms with E-state index in [1.807, 2.05) is 35.2 Å². The lowest BCUT2D eigenvalue weighted by molar-refractivity contribution is 0.0658. The van der Waals surface area contributed by atoms with Gasteiger partial charge >= 0.3 is 0 Å². The first kappa shape index (κ1) is 16.3. The van der Waals surface area contributed by atoms with Gasteiger partial charge in [0.15, 0.2) is 11.3 Å². The number of rotatable bonds is 1. The van der Waals surface area contributed by atoms with Gasteiger partial charge in [0.05, 0.1) is 0 Å². The first-order chi connectivity index (χ1) is 12.7.